The van der Waals surface area contributed by atoms with Crippen molar-refractivity contribution < 1.29 is 0 Å². The van der Waals surface area contributed by atoms with Gasteiger partial charge in [-0.3, -0.25) is 29.9 Å². The fraction of sp³-hybridized carbons (Fsp3) is 0. The maximum atomic E-state index is 5.40. The molecule has 0 saturated carbocycles. The van der Waals surface area contributed by atoms with E-state index < -0.39 is 0 Å². The molecule has 0 aliphatic carbocycles. The van der Waals surface area contributed by atoms with E-state index in [-0.39, 0.29) is 0 Å². The Morgan fingerprint density at radius 2 is 0.679 bits per heavy atom. The lowest BCUT2D eigenvalue weighted by Crippen LogP contribution is -1.88. The maximum Gasteiger partial charge on any atom is 0.0977 e. The van der Waals surface area contributed by atoms with Crippen molar-refractivity contribution >= 4 is 76.5 Å². The van der Waals surface area contributed by atoms with Gasteiger partial charge in [0.1, 0.15) is 0 Å². The molecule has 0 atom stereocenters. The Kier molecular flexibility index (Phi) is 5.68. The second-order valence-corrected chi connectivity index (χ2v) is 14.2. The SMILES string of the molecule is c1cc(-c2cc3c4cc(-c5ccncc5)nc5c6cc7c8nc(-c9ccncc9)cc9c%10cc(-c%11ccncc%11)ncc%10n(c7cc6n(c3cn2)c45)c98)ccn1. The summed E-state index contributed by atoms with van der Waals surface area (Å²) in [6.45, 7) is 0. The lowest BCUT2D eigenvalue weighted by atomic mass is 10.0. The minimum absolute atomic E-state index is 0.887. The normalized spacial score (nSPS) is 12.3. The molecule has 0 unspecified atom stereocenters. The zero-order valence-corrected chi connectivity index (χ0v) is 29.3. The summed E-state index contributed by atoms with van der Waals surface area (Å²) >= 11 is 0. The van der Waals surface area contributed by atoms with Gasteiger partial charge in [0.2, 0.25) is 0 Å². The predicted molar refractivity (Wildman–Crippen MR) is 220 cm³/mol. The van der Waals surface area contributed by atoms with Crippen LogP contribution in [0.4, 0.5) is 0 Å². The Morgan fingerprint density at radius 3 is 1.07 bits per heavy atom. The number of nitrogens with zero attached hydrogens (tertiary/aromatic N) is 10. The Labute approximate surface area is 316 Å². The Hall–Kier alpha value is -7.98. The first-order valence-electron chi connectivity index (χ1n) is 18.3. The quantitative estimate of drug-likeness (QED) is 0.177. The lowest BCUT2D eigenvalue weighted by Gasteiger charge is -2.05. The predicted octanol–water partition coefficient (Wildman–Crippen LogP) is 9.81. The van der Waals surface area contributed by atoms with Crippen molar-refractivity contribution in [3.8, 4) is 45.0 Å². The highest BCUT2D eigenvalue weighted by molar-refractivity contribution is 6.28. The Morgan fingerprint density at radius 1 is 0.321 bits per heavy atom. The van der Waals surface area contributed by atoms with Crippen molar-refractivity contribution in [3.05, 3.63) is 147 Å². The Balaban J connectivity index is 1.18. The minimum atomic E-state index is 0.887. The highest BCUT2D eigenvalue weighted by Gasteiger charge is 2.26. The molecule has 0 fully saturated rings. The van der Waals surface area contributed by atoms with Crippen molar-refractivity contribution in [1.82, 2.24) is 48.7 Å². The van der Waals surface area contributed by atoms with Crippen LogP contribution in [0.3, 0.4) is 0 Å². The van der Waals surface area contributed by atoms with E-state index in [1.807, 2.05) is 85.7 Å². The van der Waals surface area contributed by atoms with Crippen molar-refractivity contribution in [1.29, 1.82) is 0 Å². The number of benzene rings is 1. The van der Waals surface area contributed by atoms with Crippen molar-refractivity contribution in [2.24, 2.45) is 0 Å². The van der Waals surface area contributed by atoms with Gasteiger partial charge in [0.05, 0.1) is 79.3 Å². The van der Waals surface area contributed by atoms with Gasteiger partial charge in [-0.25, -0.2) is 9.97 Å². The van der Waals surface area contributed by atoms with Crippen molar-refractivity contribution in [2.75, 3.05) is 0 Å². The highest BCUT2D eigenvalue weighted by atomic mass is 15.0. The molecule has 258 valence electrons. The lowest BCUT2D eigenvalue weighted by molar-refractivity contribution is 1.27. The number of aromatic nitrogens is 10. The minimum Gasteiger partial charge on any atom is -0.305 e. The van der Waals surface area contributed by atoms with Gasteiger partial charge in [0.15, 0.2) is 0 Å². The first-order valence-corrected chi connectivity index (χ1v) is 18.3. The number of rotatable bonds is 4. The van der Waals surface area contributed by atoms with Crippen molar-refractivity contribution in [3.63, 3.8) is 0 Å². The molecule has 0 spiro atoms. The summed E-state index contributed by atoms with van der Waals surface area (Å²) in [5.41, 5.74) is 15.7. The molecular formula is C46H24N10. The van der Waals surface area contributed by atoms with Crippen LogP contribution in [0.15, 0.2) is 147 Å². The number of pyridine rings is 8. The summed E-state index contributed by atoms with van der Waals surface area (Å²) in [4.78, 5) is 37.8. The molecule has 12 heterocycles. The van der Waals surface area contributed by atoms with Gasteiger partial charge in [-0.2, -0.15) is 0 Å². The molecule has 0 amide bonds. The van der Waals surface area contributed by atoms with Crippen LogP contribution in [0.1, 0.15) is 0 Å². The first kappa shape index (κ1) is 29.5. The summed E-state index contributed by atoms with van der Waals surface area (Å²) in [5.74, 6) is 0. The van der Waals surface area contributed by atoms with Crippen LogP contribution in [0, 0.1) is 0 Å². The average molecular weight is 717 g/mol. The molecule has 0 bridgehead atoms. The molecule has 0 radical (unpaired) electrons. The van der Waals surface area contributed by atoms with Gasteiger partial charge >= 0.3 is 0 Å². The van der Waals surface area contributed by atoms with Crippen LogP contribution in [0.2, 0.25) is 0 Å². The monoisotopic (exact) mass is 716 g/mol. The van der Waals surface area contributed by atoms with Gasteiger partial charge in [-0.15, -0.1) is 0 Å². The molecular weight excluding hydrogens is 693 g/mol. The van der Waals surface area contributed by atoms with E-state index in [9.17, 15) is 0 Å². The van der Waals surface area contributed by atoms with Gasteiger partial charge in [0, 0.05) is 104 Å². The van der Waals surface area contributed by atoms with E-state index in [2.05, 4.69) is 65.1 Å². The van der Waals surface area contributed by atoms with Crippen LogP contribution >= 0.6 is 0 Å². The summed E-state index contributed by atoms with van der Waals surface area (Å²) in [6, 6.07) is 29.4. The molecule has 13 aromatic rings. The van der Waals surface area contributed by atoms with Crippen LogP contribution in [0.25, 0.3) is 121 Å². The molecule has 0 saturated heterocycles. The summed E-state index contributed by atoms with van der Waals surface area (Å²) in [7, 11) is 0. The van der Waals surface area contributed by atoms with E-state index in [0.29, 0.717) is 0 Å². The molecule has 12 aromatic heterocycles. The molecule has 0 aliphatic heterocycles. The second-order valence-electron chi connectivity index (χ2n) is 14.2. The molecule has 0 N–H and O–H groups in total. The van der Waals surface area contributed by atoms with E-state index in [1.165, 1.54) is 0 Å². The van der Waals surface area contributed by atoms with Crippen molar-refractivity contribution in [2.45, 2.75) is 0 Å². The largest absolute Gasteiger partial charge is 0.305 e. The maximum absolute atomic E-state index is 5.40. The Bertz CT molecular complexity index is 3440. The van der Waals surface area contributed by atoms with E-state index in [4.69, 9.17) is 19.9 Å². The molecule has 13 rings (SSSR count). The first-order chi connectivity index (χ1) is 27.8. The third-order valence-corrected chi connectivity index (χ3v) is 11.3. The van der Waals surface area contributed by atoms with E-state index >= 15 is 0 Å². The molecule has 0 aliphatic rings. The van der Waals surface area contributed by atoms with Crippen LogP contribution in [-0.4, -0.2) is 48.7 Å². The summed E-state index contributed by atoms with van der Waals surface area (Å²) in [5, 5.41) is 6.56. The fourth-order valence-electron chi connectivity index (χ4n) is 8.77. The van der Waals surface area contributed by atoms with Crippen LogP contribution in [-0.2, 0) is 0 Å². The molecule has 1 aromatic carbocycles. The van der Waals surface area contributed by atoms with Crippen LogP contribution in [0.5, 0.6) is 0 Å². The van der Waals surface area contributed by atoms with E-state index in [0.717, 1.165) is 121 Å². The van der Waals surface area contributed by atoms with Gasteiger partial charge in [0.25, 0.3) is 0 Å². The molecule has 56 heavy (non-hydrogen) atoms. The number of fused-ring (bicyclic) bond motifs is 12. The second kappa shape index (κ2) is 10.8. The van der Waals surface area contributed by atoms with E-state index in [1.54, 1.807) is 24.8 Å². The highest BCUT2D eigenvalue weighted by Crippen LogP contribution is 2.46. The fourth-order valence-corrected chi connectivity index (χ4v) is 8.77. The summed E-state index contributed by atoms with van der Waals surface area (Å²) in [6.07, 6.45) is 18.5. The molecule has 10 heteroatoms. The zero-order valence-electron chi connectivity index (χ0n) is 29.3. The smallest absolute Gasteiger partial charge is 0.0977 e. The zero-order chi connectivity index (χ0) is 36.5. The summed E-state index contributed by atoms with van der Waals surface area (Å²) < 4.78 is 4.67. The van der Waals surface area contributed by atoms with Crippen LogP contribution < -0.4 is 0 Å². The average Bonchev–Trinajstić information content (AvgIpc) is 3.99. The number of hydrogen-bond acceptors (Lipinski definition) is 8. The third-order valence-electron chi connectivity index (χ3n) is 11.3. The standard InChI is InChI=1S/C46H24N10/c1-9-47-10-2-25(1)35-18-29-31-20-37(27-5-13-49-14-6-27)53-43-33-17-34-40(22-39(33)55(45(31)43)41(29)23-51-35)56-42-24-52-36(26-3-11-48-12-4-26)19-30(42)32-21-38(54-44(34)46(32)56)28-7-15-50-16-8-28/h1-24H. The van der Waals surface area contributed by atoms with Gasteiger partial charge in [-0.05, 0) is 84.9 Å². The number of hydrogen-bond donors (Lipinski definition) is 0. The van der Waals surface area contributed by atoms with Gasteiger partial charge in [-0.1, -0.05) is 0 Å². The third kappa shape index (κ3) is 3.93. The van der Waals surface area contributed by atoms with Gasteiger partial charge < -0.3 is 8.80 Å². The topological polar surface area (TPSA) is 112 Å². The molecule has 10 nitrogen and oxygen atoms in total.